The maximum absolute atomic E-state index is 11.9. The highest BCUT2D eigenvalue weighted by Gasteiger charge is 2.28. The molecule has 0 fully saturated rings. The maximum atomic E-state index is 11.9. The van der Waals surface area contributed by atoms with Gasteiger partial charge in [-0.3, -0.25) is 9.63 Å². The van der Waals surface area contributed by atoms with E-state index in [0.717, 1.165) is 0 Å². The molecule has 0 bridgehead atoms. The fourth-order valence-corrected chi connectivity index (χ4v) is 1.79. The average Bonchev–Trinajstić information content (AvgIpc) is 2.38. The molecular formula is C12H8ClF3N2O2. The van der Waals surface area contributed by atoms with Gasteiger partial charge >= 0.3 is 6.18 Å². The number of halogens is 4. The highest BCUT2D eigenvalue weighted by atomic mass is 35.5. The first-order valence-electron chi connectivity index (χ1n) is 5.40. The molecule has 0 unspecified atom stereocenters. The summed E-state index contributed by atoms with van der Waals surface area (Å²) in [5.74, 6) is -0.824. The molecular weight excluding hydrogens is 297 g/mol. The number of hydrogen-bond donors (Lipinski definition) is 1. The molecule has 0 saturated heterocycles. The molecule has 1 amide bonds. The van der Waals surface area contributed by atoms with Crippen molar-refractivity contribution in [2.75, 3.05) is 6.61 Å². The van der Waals surface area contributed by atoms with E-state index in [1.54, 1.807) is 29.7 Å². The standard InChI is InChI=1S/C12H8ClF3N2O2/c13-10-8-4-2-1-3-7(8)9(5-17-10)11(19)18-20-6-12(14,15)16/h1-5H,6H2,(H,18,19). The topological polar surface area (TPSA) is 51.2 Å². The molecule has 1 N–H and O–H groups in total. The molecule has 106 valence electrons. The zero-order valence-electron chi connectivity index (χ0n) is 9.87. The van der Waals surface area contributed by atoms with Crippen LogP contribution in [-0.4, -0.2) is 23.7 Å². The monoisotopic (exact) mass is 304 g/mol. The van der Waals surface area contributed by atoms with Gasteiger partial charge in [0.2, 0.25) is 0 Å². The minimum atomic E-state index is -4.52. The molecule has 0 radical (unpaired) electrons. The Hall–Kier alpha value is -1.86. The second-order valence-corrected chi connectivity index (χ2v) is 4.20. The highest BCUT2D eigenvalue weighted by Crippen LogP contribution is 2.24. The van der Waals surface area contributed by atoms with Gasteiger partial charge in [0, 0.05) is 11.6 Å². The Kier molecular flexibility index (Phi) is 4.10. The van der Waals surface area contributed by atoms with Crippen molar-refractivity contribution in [3.8, 4) is 0 Å². The SMILES string of the molecule is O=C(NOCC(F)(F)F)c1cnc(Cl)c2ccccc12. The van der Waals surface area contributed by atoms with Crippen LogP contribution in [0.3, 0.4) is 0 Å². The van der Waals surface area contributed by atoms with Crippen LogP contribution in [0.25, 0.3) is 10.8 Å². The Balaban J connectivity index is 2.21. The van der Waals surface area contributed by atoms with Crippen LogP contribution in [0.4, 0.5) is 13.2 Å². The molecule has 2 rings (SSSR count). The van der Waals surface area contributed by atoms with Crippen LogP contribution >= 0.6 is 11.6 Å². The van der Waals surface area contributed by atoms with Gasteiger partial charge in [0.1, 0.15) is 5.15 Å². The zero-order chi connectivity index (χ0) is 14.8. The largest absolute Gasteiger partial charge is 0.414 e. The van der Waals surface area contributed by atoms with Gasteiger partial charge < -0.3 is 0 Å². The van der Waals surface area contributed by atoms with Gasteiger partial charge in [0.25, 0.3) is 5.91 Å². The summed E-state index contributed by atoms with van der Waals surface area (Å²) in [7, 11) is 0. The predicted octanol–water partition coefficient (Wildman–Crippen LogP) is 3.11. The van der Waals surface area contributed by atoms with Crippen LogP contribution in [0.2, 0.25) is 5.15 Å². The summed E-state index contributed by atoms with van der Waals surface area (Å²) in [5, 5.41) is 1.20. The summed E-state index contributed by atoms with van der Waals surface area (Å²) in [5.41, 5.74) is 1.80. The molecule has 8 heteroatoms. The lowest BCUT2D eigenvalue weighted by molar-refractivity contribution is -0.184. The second kappa shape index (κ2) is 5.64. The first kappa shape index (κ1) is 14.5. The van der Waals surface area contributed by atoms with Gasteiger partial charge in [-0.25, -0.2) is 10.5 Å². The van der Waals surface area contributed by atoms with Crippen molar-refractivity contribution >= 4 is 28.3 Å². The summed E-state index contributed by atoms with van der Waals surface area (Å²) in [6, 6.07) is 6.64. The van der Waals surface area contributed by atoms with Gasteiger partial charge in [-0.2, -0.15) is 13.2 Å². The smallest absolute Gasteiger partial charge is 0.267 e. The Morgan fingerprint density at radius 1 is 1.30 bits per heavy atom. The molecule has 20 heavy (non-hydrogen) atoms. The van der Waals surface area contributed by atoms with Gasteiger partial charge in [0.15, 0.2) is 6.61 Å². The Morgan fingerprint density at radius 2 is 1.95 bits per heavy atom. The van der Waals surface area contributed by atoms with Crippen LogP contribution in [0, 0.1) is 0 Å². The average molecular weight is 305 g/mol. The molecule has 0 saturated carbocycles. The van der Waals surface area contributed by atoms with Gasteiger partial charge in [0.05, 0.1) is 5.56 Å². The van der Waals surface area contributed by atoms with Crippen molar-refractivity contribution in [1.29, 1.82) is 0 Å². The van der Waals surface area contributed by atoms with Crippen LogP contribution < -0.4 is 5.48 Å². The minimum Gasteiger partial charge on any atom is -0.267 e. The van der Waals surface area contributed by atoms with E-state index >= 15 is 0 Å². The van der Waals surface area contributed by atoms with E-state index in [4.69, 9.17) is 11.6 Å². The Bertz CT molecular complexity index is 646. The lowest BCUT2D eigenvalue weighted by Gasteiger charge is -2.10. The van der Waals surface area contributed by atoms with E-state index in [9.17, 15) is 18.0 Å². The van der Waals surface area contributed by atoms with Crippen LogP contribution in [0.1, 0.15) is 10.4 Å². The number of carbonyl (C=O) groups is 1. The van der Waals surface area contributed by atoms with E-state index in [1.165, 1.54) is 6.20 Å². The van der Waals surface area contributed by atoms with Crippen molar-refractivity contribution in [1.82, 2.24) is 10.5 Å². The summed E-state index contributed by atoms with van der Waals surface area (Å²) >= 11 is 5.88. The number of pyridine rings is 1. The maximum Gasteiger partial charge on any atom is 0.414 e. The van der Waals surface area contributed by atoms with Crippen molar-refractivity contribution in [3.63, 3.8) is 0 Å². The number of benzene rings is 1. The number of rotatable bonds is 3. The number of carbonyl (C=O) groups excluding carboxylic acids is 1. The summed E-state index contributed by atoms with van der Waals surface area (Å²) in [4.78, 5) is 19.7. The number of nitrogens with zero attached hydrogens (tertiary/aromatic N) is 1. The zero-order valence-corrected chi connectivity index (χ0v) is 10.6. The van der Waals surface area contributed by atoms with Gasteiger partial charge in [-0.1, -0.05) is 35.9 Å². The Morgan fingerprint density at radius 3 is 2.60 bits per heavy atom. The van der Waals surface area contributed by atoms with E-state index in [0.29, 0.717) is 10.8 Å². The van der Waals surface area contributed by atoms with Crippen LogP contribution in [0.5, 0.6) is 0 Å². The fourth-order valence-electron chi connectivity index (χ4n) is 1.58. The lowest BCUT2D eigenvalue weighted by atomic mass is 10.1. The third-order valence-electron chi connectivity index (χ3n) is 2.39. The number of hydroxylamine groups is 1. The predicted molar refractivity (Wildman–Crippen MR) is 66.2 cm³/mol. The number of amides is 1. The molecule has 0 aliphatic rings. The third kappa shape index (κ3) is 3.37. The number of nitrogens with one attached hydrogen (secondary N) is 1. The molecule has 1 aromatic heterocycles. The first-order valence-corrected chi connectivity index (χ1v) is 5.78. The molecule has 1 heterocycles. The minimum absolute atomic E-state index is 0.0761. The van der Waals surface area contributed by atoms with Gasteiger partial charge in [-0.05, 0) is 5.39 Å². The van der Waals surface area contributed by atoms with Crippen molar-refractivity contribution in [2.24, 2.45) is 0 Å². The quantitative estimate of drug-likeness (QED) is 0.700. The molecule has 4 nitrogen and oxygen atoms in total. The normalized spacial score (nSPS) is 11.6. The van der Waals surface area contributed by atoms with E-state index < -0.39 is 18.7 Å². The van der Waals surface area contributed by atoms with Crippen molar-refractivity contribution in [3.05, 3.63) is 41.2 Å². The molecule has 1 aromatic carbocycles. The molecule has 0 atom stereocenters. The summed E-state index contributed by atoms with van der Waals surface area (Å²) in [6.07, 6.45) is -3.34. The van der Waals surface area contributed by atoms with E-state index in [1.807, 2.05) is 0 Å². The molecule has 2 aromatic rings. The first-order chi connectivity index (χ1) is 9.38. The number of aromatic nitrogens is 1. The number of hydrogen-bond acceptors (Lipinski definition) is 3. The fraction of sp³-hybridized carbons (Fsp3) is 0.167. The summed E-state index contributed by atoms with van der Waals surface area (Å²) in [6.45, 7) is -1.57. The van der Waals surface area contributed by atoms with Crippen LogP contribution in [-0.2, 0) is 4.84 Å². The van der Waals surface area contributed by atoms with Crippen molar-refractivity contribution < 1.29 is 22.8 Å². The van der Waals surface area contributed by atoms with E-state index in [-0.39, 0.29) is 10.7 Å². The second-order valence-electron chi connectivity index (χ2n) is 3.84. The third-order valence-corrected chi connectivity index (χ3v) is 2.69. The van der Waals surface area contributed by atoms with Crippen molar-refractivity contribution in [2.45, 2.75) is 6.18 Å². The van der Waals surface area contributed by atoms with Gasteiger partial charge in [-0.15, -0.1) is 0 Å². The van der Waals surface area contributed by atoms with E-state index in [2.05, 4.69) is 9.82 Å². The Labute approximate surface area is 116 Å². The summed E-state index contributed by atoms with van der Waals surface area (Å²) < 4.78 is 35.7. The number of fused-ring (bicyclic) bond motifs is 1. The highest BCUT2D eigenvalue weighted by molar-refractivity contribution is 6.34. The molecule has 0 spiro atoms. The molecule has 0 aliphatic carbocycles. The molecule has 0 aliphatic heterocycles. The van der Waals surface area contributed by atoms with Crippen LogP contribution in [0.15, 0.2) is 30.5 Å². The number of alkyl halides is 3. The lowest BCUT2D eigenvalue weighted by Crippen LogP contribution is -2.29.